The van der Waals surface area contributed by atoms with Gasteiger partial charge in [-0.25, -0.2) is 0 Å². The van der Waals surface area contributed by atoms with Crippen LogP contribution in [0.1, 0.15) is 5.82 Å². The van der Waals surface area contributed by atoms with E-state index >= 15 is 0 Å². The van der Waals surface area contributed by atoms with Crippen molar-refractivity contribution in [2.75, 3.05) is 68.6 Å². The number of benzene rings is 1. The number of hydrogen-bond donors (Lipinski definition) is 1. The van der Waals surface area contributed by atoms with Crippen LogP contribution in [-0.2, 0) is 27.9 Å². The minimum absolute atomic E-state index is 0.113. The molecule has 0 spiro atoms. The second-order valence-corrected chi connectivity index (χ2v) is 8.80. The molecule has 1 amide bonds. The summed E-state index contributed by atoms with van der Waals surface area (Å²) in [5, 5.41) is 12.8. The van der Waals surface area contributed by atoms with Gasteiger partial charge in [-0.2, -0.15) is 0 Å². The van der Waals surface area contributed by atoms with E-state index in [9.17, 15) is 4.79 Å². The molecular weight excluding hydrogens is 440 g/mol. The van der Waals surface area contributed by atoms with Crippen molar-refractivity contribution in [1.82, 2.24) is 19.7 Å². The average molecular weight is 467 g/mol. The first-order valence-corrected chi connectivity index (χ1v) is 11.7. The normalized spacial score (nSPS) is 17.7. The van der Waals surface area contributed by atoms with E-state index in [0.717, 1.165) is 62.6 Å². The highest BCUT2D eigenvalue weighted by molar-refractivity contribution is 7.99. The van der Waals surface area contributed by atoms with Crippen LogP contribution in [0, 0.1) is 0 Å². The third kappa shape index (κ3) is 5.89. The Balaban J connectivity index is 1.28. The molecule has 2 saturated heterocycles. The Hall–Kier alpha value is -1.85. The van der Waals surface area contributed by atoms with Crippen LogP contribution in [0.2, 0.25) is 5.02 Å². The zero-order valence-electron chi connectivity index (χ0n) is 17.6. The van der Waals surface area contributed by atoms with Crippen LogP contribution < -0.4 is 10.2 Å². The molecule has 11 heteroatoms. The first-order chi connectivity index (χ1) is 15.1. The van der Waals surface area contributed by atoms with Crippen molar-refractivity contribution in [3.63, 3.8) is 0 Å². The number of carbonyl (C=O) groups is 1. The fraction of sp³-hybridized carbons (Fsp3) is 0.550. The van der Waals surface area contributed by atoms with Gasteiger partial charge in [0, 0.05) is 38.9 Å². The molecule has 0 saturated carbocycles. The lowest BCUT2D eigenvalue weighted by atomic mass is 10.2. The van der Waals surface area contributed by atoms with Gasteiger partial charge in [0.2, 0.25) is 5.91 Å². The Morgan fingerprint density at radius 1 is 1.13 bits per heavy atom. The summed E-state index contributed by atoms with van der Waals surface area (Å²) in [5.41, 5.74) is 1.64. The highest BCUT2D eigenvalue weighted by Gasteiger charge is 2.17. The minimum Gasteiger partial charge on any atom is -0.379 e. The molecule has 0 bridgehead atoms. The lowest BCUT2D eigenvalue weighted by molar-refractivity contribution is -0.113. The van der Waals surface area contributed by atoms with Crippen LogP contribution in [0.25, 0.3) is 0 Å². The molecule has 0 unspecified atom stereocenters. The molecule has 2 aromatic rings. The lowest BCUT2D eigenvalue weighted by Gasteiger charge is -2.29. The summed E-state index contributed by atoms with van der Waals surface area (Å²) in [4.78, 5) is 16.9. The number of rotatable bonds is 7. The topological polar surface area (TPSA) is 84.8 Å². The van der Waals surface area contributed by atoms with Crippen LogP contribution in [0.5, 0.6) is 0 Å². The van der Waals surface area contributed by atoms with Gasteiger partial charge in [0.15, 0.2) is 5.16 Å². The van der Waals surface area contributed by atoms with Gasteiger partial charge in [-0.1, -0.05) is 23.4 Å². The zero-order chi connectivity index (χ0) is 21.6. The number of carbonyl (C=O) groups excluding carboxylic acids is 1. The largest absolute Gasteiger partial charge is 0.379 e. The van der Waals surface area contributed by atoms with Gasteiger partial charge in [-0.05, 0) is 18.2 Å². The zero-order valence-corrected chi connectivity index (χ0v) is 19.1. The molecule has 4 rings (SSSR count). The molecule has 168 valence electrons. The highest BCUT2D eigenvalue weighted by atomic mass is 35.5. The number of hydrogen-bond acceptors (Lipinski definition) is 8. The van der Waals surface area contributed by atoms with Crippen LogP contribution in [0.4, 0.5) is 11.4 Å². The fourth-order valence-corrected chi connectivity index (χ4v) is 4.57. The fourth-order valence-electron chi connectivity index (χ4n) is 3.54. The van der Waals surface area contributed by atoms with E-state index in [1.165, 1.54) is 11.8 Å². The minimum atomic E-state index is -0.113. The lowest BCUT2D eigenvalue weighted by Crippen LogP contribution is -2.36. The number of aromatic nitrogens is 3. The number of nitrogens with zero attached hydrogens (tertiary/aromatic N) is 5. The highest BCUT2D eigenvalue weighted by Crippen LogP contribution is 2.29. The number of morpholine rings is 2. The molecule has 2 aliphatic rings. The summed E-state index contributed by atoms with van der Waals surface area (Å²) in [6.45, 7) is 7.03. The SMILES string of the molecule is Cn1c(CN2CCOCC2)nnc1SCC(=O)Nc1ccc(N2CCOCC2)c(Cl)c1. The van der Waals surface area contributed by atoms with E-state index in [1.54, 1.807) is 6.07 Å². The number of amides is 1. The Morgan fingerprint density at radius 2 is 1.84 bits per heavy atom. The first kappa shape index (κ1) is 22.3. The molecule has 2 fully saturated rings. The van der Waals surface area contributed by atoms with Crippen molar-refractivity contribution in [2.24, 2.45) is 7.05 Å². The van der Waals surface area contributed by atoms with Gasteiger partial charge in [-0.3, -0.25) is 9.69 Å². The molecule has 1 N–H and O–H groups in total. The number of ether oxygens (including phenoxy) is 2. The second-order valence-electron chi connectivity index (χ2n) is 7.45. The summed E-state index contributed by atoms with van der Waals surface area (Å²) in [6, 6.07) is 5.61. The Morgan fingerprint density at radius 3 is 2.55 bits per heavy atom. The van der Waals surface area contributed by atoms with Gasteiger partial charge in [0.25, 0.3) is 0 Å². The van der Waals surface area contributed by atoms with E-state index in [2.05, 4.69) is 25.3 Å². The third-order valence-corrected chi connectivity index (χ3v) is 6.63. The van der Waals surface area contributed by atoms with Crippen molar-refractivity contribution in [1.29, 1.82) is 0 Å². The molecule has 9 nitrogen and oxygen atoms in total. The van der Waals surface area contributed by atoms with Crippen molar-refractivity contribution >= 4 is 40.6 Å². The van der Waals surface area contributed by atoms with Crippen LogP contribution in [-0.4, -0.2) is 83.9 Å². The predicted octanol–water partition coefficient (Wildman–Crippen LogP) is 1.87. The van der Waals surface area contributed by atoms with E-state index in [4.69, 9.17) is 21.1 Å². The quantitative estimate of drug-likeness (QED) is 0.619. The molecular formula is C20H27ClN6O3S. The van der Waals surface area contributed by atoms with Crippen LogP contribution in [0.15, 0.2) is 23.4 Å². The molecule has 0 radical (unpaired) electrons. The Kier molecular flexibility index (Phi) is 7.67. The number of anilines is 2. The standard InChI is InChI=1S/C20H27ClN6O3S/c1-25-18(13-26-4-8-29-9-5-26)23-24-20(25)31-14-19(28)22-15-2-3-17(16(21)12-15)27-6-10-30-11-7-27/h2-3,12H,4-11,13-14H2,1H3,(H,22,28). The number of halogens is 1. The summed E-state index contributed by atoms with van der Waals surface area (Å²) in [5.74, 6) is 1.01. The van der Waals surface area contributed by atoms with Gasteiger partial charge in [-0.15, -0.1) is 10.2 Å². The molecule has 1 aromatic carbocycles. The summed E-state index contributed by atoms with van der Waals surface area (Å²) >= 11 is 7.82. The van der Waals surface area contributed by atoms with E-state index in [0.29, 0.717) is 23.9 Å². The number of thioether (sulfide) groups is 1. The van der Waals surface area contributed by atoms with Gasteiger partial charge in [0.1, 0.15) is 5.82 Å². The molecule has 3 heterocycles. The first-order valence-electron chi connectivity index (χ1n) is 10.3. The van der Waals surface area contributed by atoms with E-state index < -0.39 is 0 Å². The van der Waals surface area contributed by atoms with Gasteiger partial charge >= 0.3 is 0 Å². The van der Waals surface area contributed by atoms with Gasteiger partial charge < -0.3 is 24.3 Å². The van der Waals surface area contributed by atoms with Crippen molar-refractivity contribution in [3.05, 3.63) is 29.0 Å². The Bertz CT molecular complexity index is 899. The maximum Gasteiger partial charge on any atom is 0.234 e. The predicted molar refractivity (Wildman–Crippen MR) is 121 cm³/mol. The molecule has 0 aliphatic carbocycles. The molecule has 1 aromatic heterocycles. The molecule has 31 heavy (non-hydrogen) atoms. The third-order valence-electron chi connectivity index (χ3n) is 5.31. The van der Waals surface area contributed by atoms with Crippen LogP contribution >= 0.6 is 23.4 Å². The average Bonchev–Trinajstić information content (AvgIpc) is 3.13. The van der Waals surface area contributed by atoms with Crippen molar-refractivity contribution in [3.8, 4) is 0 Å². The smallest absolute Gasteiger partial charge is 0.234 e. The van der Waals surface area contributed by atoms with Gasteiger partial charge in [0.05, 0.1) is 49.4 Å². The maximum absolute atomic E-state index is 12.4. The van der Waals surface area contributed by atoms with Crippen molar-refractivity contribution < 1.29 is 14.3 Å². The van der Waals surface area contributed by atoms with Crippen LogP contribution in [0.3, 0.4) is 0 Å². The summed E-state index contributed by atoms with van der Waals surface area (Å²) in [6.07, 6.45) is 0. The monoisotopic (exact) mass is 466 g/mol. The van der Waals surface area contributed by atoms with E-state index in [1.807, 2.05) is 23.7 Å². The molecule has 2 aliphatic heterocycles. The summed E-state index contributed by atoms with van der Waals surface area (Å²) < 4.78 is 12.7. The molecule has 0 atom stereocenters. The maximum atomic E-state index is 12.4. The number of nitrogens with one attached hydrogen (secondary N) is 1. The summed E-state index contributed by atoms with van der Waals surface area (Å²) in [7, 11) is 1.93. The van der Waals surface area contributed by atoms with E-state index in [-0.39, 0.29) is 11.7 Å². The second kappa shape index (κ2) is 10.6. The van der Waals surface area contributed by atoms with Crippen molar-refractivity contribution in [2.45, 2.75) is 11.7 Å². The Labute approximate surface area is 191 Å².